The molecular formula is C21H18N2O. The number of aromatic hydroxyl groups is 1. The molecule has 0 radical (unpaired) electrons. The molecule has 2 aromatic carbocycles. The number of benzene rings is 2. The zero-order chi connectivity index (χ0) is 16.1. The van der Waals surface area contributed by atoms with E-state index in [1.165, 1.54) is 34.7 Å². The molecule has 2 N–H and O–H groups in total. The second-order valence-corrected chi connectivity index (χ2v) is 6.55. The Bertz CT molecular complexity index is 1080. The molecule has 0 unspecified atom stereocenters. The fraction of sp³-hybridized carbons (Fsp3) is 0.190. The molecule has 0 saturated heterocycles. The first-order valence-electron chi connectivity index (χ1n) is 8.52. The molecule has 0 atom stereocenters. The van der Waals surface area contributed by atoms with Crippen LogP contribution in [0.2, 0.25) is 0 Å². The average Bonchev–Trinajstić information content (AvgIpc) is 3.10. The summed E-state index contributed by atoms with van der Waals surface area (Å²) in [5.41, 5.74) is 6.90. The number of aromatic nitrogens is 2. The number of aryl methyl sites for hydroxylation is 1. The van der Waals surface area contributed by atoms with Crippen LogP contribution in [0.4, 0.5) is 0 Å². The molecule has 1 aliphatic rings. The molecule has 24 heavy (non-hydrogen) atoms. The molecule has 0 aliphatic heterocycles. The van der Waals surface area contributed by atoms with Crippen molar-refractivity contribution in [3.63, 3.8) is 0 Å². The van der Waals surface area contributed by atoms with E-state index < -0.39 is 0 Å². The van der Waals surface area contributed by atoms with Crippen molar-refractivity contribution in [2.45, 2.75) is 25.7 Å². The number of pyridine rings is 1. The Balaban J connectivity index is 1.93. The number of phenolic OH excluding ortho intramolecular Hbond substituents is 1. The number of rotatable bonds is 1. The second kappa shape index (κ2) is 5.10. The number of hydrogen-bond acceptors (Lipinski definition) is 2. The van der Waals surface area contributed by atoms with Crippen molar-refractivity contribution in [1.82, 2.24) is 9.97 Å². The van der Waals surface area contributed by atoms with Gasteiger partial charge in [0.25, 0.3) is 0 Å². The van der Waals surface area contributed by atoms with Gasteiger partial charge in [-0.3, -0.25) is 4.98 Å². The van der Waals surface area contributed by atoms with Gasteiger partial charge in [-0.2, -0.15) is 0 Å². The van der Waals surface area contributed by atoms with Crippen molar-refractivity contribution in [2.75, 3.05) is 0 Å². The molecule has 118 valence electrons. The molecular weight excluding hydrogens is 296 g/mol. The van der Waals surface area contributed by atoms with Gasteiger partial charge in [-0.05, 0) is 67.1 Å². The lowest BCUT2D eigenvalue weighted by molar-refractivity contribution is 0.477. The number of para-hydroxylation sites is 1. The summed E-state index contributed by atoms with van der Waals surface area (Å²) in [5, 5.41) is 12.9. The Morgan fingerprint density at radius 2 is 1.75 bits per heavy atom. The normalized spacial score (nSPS) is 14.2. The molecule has 1 aliphatic carbocycles. The van der Waals surface area contributed by atoms with Crippen molar-refractivity contribution in [2.24, 2.45) is 0 Å². The lowest BCUT2D eigenvalue weighted by atomic mass is 9.85. The van der Waals surface area contributed by atoms with Gasteiger partial charge < -0.3 is 10.1 Å². The minimum Gasteiger partial charge on any atom is -0.507 e. The van der Waals surface area contributed by atoms with Gasteiger partial charge in [0.1, 0.15) is 5.75 Å². The lowest BCUT2D eigenvalue weighted by Gasteiger charge is -2.23. The highest BCUT2D eigenvalue weighted by Gasteiger charge is 2.21. The van der Waals surface area contributed by atoms with Gasteiger partial charge in [-0.1, -0.05) is 12.1 Å². The number of hydrogen-bond donors (Lipinski definition) is 2. The summed E-state index contributed by atoms with van der Waals surface area (Å²) >= 11 is 0. The molecule has 0 fully saturated rings. The van der Waals surface area contributed by atoms with Gasteiger partial charge in [0, 0.05) is 28.0 Å². The molecule has 3 heteroatoms. The monoisotopic (exact) mass is 314 g/mol. The number of nitrogens with zero attached hydrogens (tertiary/aromatic N) is 1. The highest BCUT2D eigenvalue weighted by Crippen LogP contribution is 2.39. The molecule has 2 heterocycles. The van der Waals surface area contributed by atoms with Gasteiger partial charge in [-0.25, -0.2) is 0 Å². The quantitative estimate of drug-likeness (QED) is 0.521. The Morgan fingerprint density at radius 3 is 2.62 bits per heavy atom. The first kappa shape index (κ1) is 13.6. The van der Waals surface area contributed by atoms with E-state index in [1.54, 1.807) is 6.07 Å². The average molecular weight is 314 g/mol. The van der Waals surface area contributed by atoms with Crippen LogP contribution < -0.4 is 0 Å². The topological polar surface area (TPSA) is 48.9 Å². The Hall–Kier alpha value is -2.81. The fourth-order valence-corrected chi connectivity index (χ4v) is 4.09. The van der Waals surface area contributed by atoms with E-state index in [2.05, 4.69) is 28.2 Å². The van der Waals surface area contributed by atoms with Crippen LogP contribution >= 0.6 is 0 Å². The van der Waals surface area contributed by atoms with Gasteiger partial charge in [0.05, 0.1) is 11.2 Å². The Kier molecular flexibility index (Phi) is 2.89. The van der Waals surface area contributed by atoms with E-state index in [0.29, 0.717) is 5.75 Å². The van der Waals surface area contributed by atoms with Crippen molar-refractivity contribution in [1.29, 1.82) is 0 Å². The summed E-state index contributed by atoms with van der Waals surface area (Å²) in [6.07, 6.45) is 6.44. The largest absolute Gasteiger partial charge is 0.507 e. The summed E-state index contributed by atoms with van der Waals surface area (Å²) < 4.78 is 0. The molecule has 0 saturated carbocycles. The first-order chi connectivity index (χ1) is 11.8. The standard InChI is InChI=1S/C21H18N2O/c24-19-8-4-3-7-16(19)21-14-6-2-1-5-13(14)20-15-11-12-22-17(15)9-10-18(20)23-21/h3-4,7-12,23-24H,1-2,5-6H2. The van der Waals surface area contributed by atoms with E-state index in [0.717, 1.165) is 35.1 Å². The van der Waals surface area contributed by atoms with E-state index in [4.69, 9.17) is 0 Å². The third-order valence-electron chi connectivity index (χ3n) is 5.18. The zero-order valence-electron chi connectivity index (χ0n) is 13.3. The van der Waals surface area contributed by atoms with Crippen molar-refractivity contribution < 1.29 is 5.11 Å². The summed E-state index contributed by atoms with van der Waals surface area (Å²) in [4.78, 5) is 8.06. The summed E-state index contributed by atoms with van der Waals surface area (Å²) in [6, 6.07) is 13.9. The van der Waals surface area contributed by atoms with Crippen LogP contribution in [-0.2, 0) is 12.8 Å². The van der Waals surface area contributed by atoms with Crippen LogP contribution in [0.5, 0.6) is 5.75 Å². The first-order valence-corrected chi connectivity index (χ1v) is 8.52. The second-order valence-electron chi connectivity index (χ2n) is 6.55. The van der Waals surface area contributed by atoms with Crippen LogP contribution in [0, 0.1) is 0 Å². The maximum absolute atomic E-state index is 10.3. The van der Waals surface area contributed by atoms with Crippen molar-refractivity contribution >= 4 is 21.8 Å². The van der Waals surface area contributed by atoms with Gasteiger partial charge in [0.2, 0.25) is 0 Å². The highest BCUT2D eigenvalue weighted by molar-refractivity contribution is 6.08. The molecule has 2 aromatic heterocycles. The van der Waals surface area contributed by atoms with Gasteiger partial charge in [0.15, 0.2) is 0 Å². The van der Waals surface area contributed by atoms with Gasteiger partial charge in [-0.15, -0.1) is 0 Å². The highest BCUT2D eigenvalue weighted by atomic mass is 16.3. The summed E-state index contributed by atoms with van der Waals surface area (Å²) in [5.74, 6) is 0.330. The SMILES string of the molecule is Oc1ccccc1-c1[nH]c2ccc3nccc3c2c2c1CCCC2. The molecule has 0 amide bonds. The minimum absolute atomic E-state index is 0.330. The molecule has 3 nitrogen and oxygen atoms in total. The maximum atomic E-state index is 10.3. The van der Waals surface area contributed by atoms with E-state index in [1.807, 2.05) is 24.4 Å². The minimum atomic E-state index is 0.330. The predicted octanol–water partition coefficient (Wildman–Crippen LogP) is 4.97. The van der Waals surface area contributed by atoms with E-state index >= 15 is 0 Å². The van der Waals surface area contributed by atoms with Gasteiger partial charge >= 0.3 is 0 Å². The van der Waals surface area contributed by atoms with Crippen LogP contribution in [0.3, 0.4) is 0 Å². The maximum Gasteiger partial charge on any atom is 0.124 e. The number of aromatic amines is 1. The van der Waals surface area contributed by atoms with E-state index in [-0.39, 0.29) is 0 Å². The predicted molar refractivity (Wildman–Crippen MR) is 97.3 cm³/mol. The lowest BCUT2D eigenvalue weighted by Crippen LogP contribution is -2.08. The van der Waals surface area contributed by atoms with Crippen molar-refractivity contribution in [3.05, 3.63) is 59.8 Å². The smallest absolute Gasteiger partial charge is 0.124 e. The molecule has 4 aromatic rings. The van der Waals surface area contributed by atoms with Crippen LogP contribution in [0.1, 0.15) is 24.0 Å². The summed E-state index contributed by atoms with van der Waals surface area (Å²) in [7, 11) is 0. The molecule has 0 spiro atoms. The summed E-state index contributed by atoms with van der Waals surface area (Å²) in [6.45, 7) is 0. The Labute approximate surface area is 140 Å². The fourth-order valence-electron chi connectivity index (χ4n) is 4.09. The number of fused-ring (bicyclic) bond motifs is 5. The number of phenols is 1. The zero-order valence-corrected chi connectivity index (χ0v) is 13.3. The third kappa shape index (κ3) is 1.88. The molecule has 0 bridgehead atoms. The van der Waals surface area contributed by atoms with Crippen molar-refractivity contribution in [3.8, 4) is 17.0 Å². The van der Waals surface area contributed by atoms with E-state index in [9.17, 15) is 5.11 Å². The number of nitrogens with one attached hydrogen (secondary N) is 1. The number of H-pyrrole nitrogens is 1. The third-order valence-corrected chi connectivity index (χ3v) is 5.18. The van der Waals surface area contributed by atoms with Crippen LogP contribution in [0.15, 0.2) is 48.7 Å². The Morgan fingerprint density at radius 1 is 0.917 bits per heavy atom. The molecule has 5 rings (SSSR count). The van der Waals surface area contributed by atoms with Crippen LogP contribution in [-0.4, -0.2) is 15.1 Å². The van der Waals surface area contributed by atoms with Crippen LogP contribution in [0.25, 0.3) is 33.1 Å².